The summed E-state index contributed by atoms with van der Waals surface area (Å²) in [7, 11) is 0. The fourth-order valence-corrected chi connectivity index (χ4v) is 3.90. The van der Waals surface area contributed by atoms with E-state index in [1.54, 1.807) is 6.20 Å². The van der Waals surface area contributed by atoms with E-state index in [-0.39, 0.29) is 11.9 Å². The normalized spacial score (nSPS) is 19.1. The van der Waals surface area contributed by atoms with Crippen molar-refractivity contribution >= 4 is 5.91 Å². The number of hydrogen-bond donors (Lipinski definition) is 2. The number of nitrogens with zero attached hydrogens (tertiary/aromatic N) is 3. The highest BCUT2D eigenvalue weighted by Gasteiger charge is 2.25. The first kappa shape index (κ1) is 19.3. The molecule has 6 nitrogen and oxygen atoms in total. The number of aryl methyl sites for hydroxylation is 1. The first-order valence-electron chi connectivity index (χ1n) is 10.1. The Balaban J connectivity index is 1.47. The summed E-state index contributed by atoms with van der Waals surface area (Å²) >= 11 is 0. The second-order valence-corrected chi connectivity index (χ2v) is 7.73. The molecule has 4 rings (SSSR count). The number of benzene rings is 1. The minimum Gasteiger partial charge on any atom is -0.391 e. The monoisotopic (exact) mass is 390 g/mol. The van der Waals surface area contributed by atoms with Crippen molar-refractivity contribution in [1.82, 2.24) is 20.1 Å². The van der Waals surface area contributed by atoms with Crippen LogP contribution < -0.4 is 5.32 Å². The summed E-state index contributed by atoms with van der Waals surface area (Å²) in [6.07, 6.45) is 7.52. The molecule has 150 valence electrons. The predicted molar refractivity (Wildman–Crippen MR) is 111 cm³/mol. The number of pyridine rings is 1. The Bertz CT molecular complexity index is 967. The van der Waals surface area contributed by atoms with Gasteiger partial charge in [-0.15, -0.1) is 0 Å². The first-order chi connectivity index (χ1) is 14.1. The third-order valence-corrected chi connectivity index (χ3v) is 5.41. The number of aliphatic hydroxyl groups is 1. The van der Waals surface area contributed by atoms with Crippen LogP contribution in [0.25, 0.3) is 5.69 Å². The maximum absolute atomic E-state index is 12.7. The molecule has 2 atom stereocenters. The van der Waals surface area contributed by atoms with Gasteiger partial charge in [-0.05, 0) is 67.6 Å². The molecule has 0 bridgehead atoms. The second kappa shape index (κ2) is 8.57. The molecule has 29 heavy (non-hydrogen) atoms. The Hall–Kier alpha value is -2.99. The Labute approximate surface area is 170 Å². The molecule has 2 N–H and O–H groups in total. The molecule has 6 heteroatoms. The molecule has 1 saturated carbocycles. The van der Waals surface area contributed by atoms with Gasteiger partial charge >= 0.3 is 0 Å². The highest BCUT2D eigenvalue weighted by molar-refractivity contribution is 5.92. The lowest BCUT2D eigenvalue weighted by atomic mass is 9.92. The zero-order chi connectivity index (χ0) is 20.2. The molecule has 1 aliphatic rings. The number of carbonyl (C=O) groups excluding carboxylic acids is 1. The van der Waals surface area contributed by atoms with E-state index in [1.165, 1.54) is 0 Å². The van der Waals surface area contributed by atoms with E-state index >= 15 is 0 Å². The summed E-state index contributed by atoms with van der Waals surface area (Å²) in [4.78, 5) is 17.1. The van der Waals surface area contributed by atoms with Gasteiger partial charge in [0, 0.05) is 18.1 Å². The van der Waals surface area contributed by atoms with Crippen molar-refractivity contribution in [3.8, 4) is 5.69 Å². The van der Waals surface area contributed by atoms with E-state index < -0.39 is 6.10 Å². The number of carbonyl (C=O) groups is 1. The molecular formula is C23H26N4O2. The van der Waals surface area contributed by atoms with Crippen LogP contribution in [0.4, 0.5) is 0 Å². The molecule has 1 amide bonds. The van der Waals surface area contributed by atoms with Gasteiger partial charge in [-0.3, -0.25) is 4.79 Å². The third-order valence-electron chi connectivity index (χ3n) is 5.41. The smallest absolute Gasteiger partial charge is 0.270 e. The standard InChI is InChI=1S/C23H26N4O2/c1-16-13-18(14-17-7-9-19(10-8-17)27-12-4-11-24-27)15-21(25-16)23(29)26-20-5-2-3-6-22(20)28/h4,7-13,15,20,22,28H,2-3,5-6,14H2,1H3,(H,26,29)/t20?,22-/m0/s1. The Morgan fingerprint density at radius 1 is 1.17 bits per heavy atom. The number of aliphatic hydroxyl groups excluding tert-OH is 1. The number of nitrogens with one attached hydrogen (secondary N) is 1. The highest BCUT2D eigenvalue weighted by Crippen LogP contribution is 2.19. The van der Waals surface area contributed by atoms with E-state index in [0.717, 1.165) is 54.6 Å². The van der Waals surface area contributed by atoms with Gasteiger partial charge < -0.3 is 10.4 Å². The minimum absolute atomic E-state index is 0.183. The maximum atomic E-state index is 12.7. The largest absolute Gasteiger partial charge is 0.391 e. The number of amides is 1. The lowest BCUT2D eigenvalue weighted by Gasteiger charge is -2.28. The molecule has 0 spiro atoms. The van der Waals surface area contributed by atoms with Crippen LogP contribution >= 0.6 is 0 Å². The molecule has 1 aromatic carbocycles. The SMILES string of the molecule is Cc1cc(Cc2ccc(-n3cccn3)cc2)cc(C(=O)NC2CCCC[C@@H]2O)n1. The molecule has 1 aliphatic carbocycles. The summed E-state index contributed by atoms with van der Waals surface area (Å²) in [5.41, 5.74) is 4.42. The van der Waals surface area contributed by atoms with Gasteiger partial charge in [0.2, 0.25) is 0 Å². The first-order valence-corrected chi connectivity index (χ1v) is 10.1. The molecule has 0 aliphatic heterocycles. The number of hydrogen-bond acceptors (Lipinski definition) is 4. The minimum atomic E-state index is -0.467. The van der Waals surface area contributed by atoms with E-state index in [9.17, 15) is 9.90 Å². The highest BCUT2D eigenvalue weighted by atomic mass is 16.3. The summed E-state index contributed by atoms with van der Waals surface area (Å²) in [6, 6.07) is 13.8. The van der Waals surface area contributed by atoms with Crippen molar-refractivity contribution in [1.29, 1.82) is 0 Å². The molecule has 0 radical (unpaired) electrons. The van der Waals surface area contributed by atoms with E-state index in [2.05, 4.69) is 27.5 Å². The van der Waals surface area contributed by atoms with Gasteiger partial charge in [-0.25, -0.2) is 9.67 Å². The quantitative estimate of drug-likeness (QED) is 0.701. The van der Waals surface area contributed by atoms with E-state index in [1.807, 2.05) is 48.1 Å². The van der Waals surface area contributed by atoms with Gasteiger partial charge in [0.25, 0.3) is 5.91 Å². The Morgan fingerprint density at radius 2 is 1.97 bits per heavy atom. The zero-order valence-corrected chi connectivity index (χ0v) is 16.6. The average Bonchev–Trinajstić information content (AvgIpc) is 3.25. The second-order valence-electron chi connectivity index (χ2n) is 7.73. The van der Waals surface area contributed by atoms with Crippen molar-refractivity contribution in [2.75, 3.05) is 0 Å². The average molecular weight is 390 g/mol. The van der Waals surface area contributed by atoms with E-state index in [0.29, 0.717) is 5.69 Å². The van der Waals surface area contributed by atoms with Gasteiger partial charge in [0.1, 0.15) is 5.69 Å². The Kier molecular flexibility index (Phi) is 5.71. The Morgan fingerprint density at radius 3 is 2.69 bits per heavy atom. The third kappa shape index (κ3) is 4.71. The van der Waals surface area contributed by atoms with Gasteiger partial charge in [0.05, 0.1) is 17.8 Å². The fourth-order valence-electron chi connectivity index (χ4n) is 3.90. The van der Waals surface area contributed by atoms with Crippen LogP contribution in [0.5, 0.6) is 0 Å². The number of aromatic nitrogens is 3. The lowest BCUT2D eigenvalue weighted by Crippen LogP contribution is -2.45. The molecule has 1 unspecified atom stereocenters. The summed E-state index contributed by atoms with van der Waals surface area (Å²) in [5, 5.41) is 17.3. The van der Waals surface area contributed by atoms with Crippen molar-refractivity contribution < 1.29 is 9.90 Å². The van der Waals surface area contributed by atoms with Crippen LogP contribution in [-0.2, 0) is 6.42 Å². The molecule has 1 fully saturated rings. The predicted octanol–water partition coefficient (Wildman–Crippen LogP) is 3.20. The molecular weight excluding hydrogens is 364 g/mol. The zero-order valence-electron chi connectivity index (χ0n) is 16.6. The number of rotatable bonds is 5. The van der Waals surface area contributed by atoms with Gasteiger partial charge in [0.15, 0.2) is 0 Å². The van der Waals surface area contributed by atoms with Crippen LogP contribution in [-0.4, -0.2) is 37.9 Å². The van der Waals surface area contributed by atoms with Crippen molar-refractivity contribution in [3.05, 3.63) is 77.4 Å². The lowest BCUT2D eigenvalue weighted by molar-refractivity contribution is 0.0713. The van der Waals surface area contributed by atoms with Crippen LogP contribution in [0.2, 0.25) is 0 Å². The summed E-state index contributed by atoms with van der Waals surface area (Å²) < 4.78 is 1.82. The van der Waals surface area contributed by atoms with Crippen LogP contribution in [0.3, 0.4) is 0 Å². The van der Waals surface area contributed by atoms with Crippen molar-refractivity contribution in [2.24, 2.45) is 0 Å². The van der Waals surface area contributed by atoms with E-state index in [4.69, 9.17) is 0 Å². The molecule has 0 saturated heterocycles. The molecule has 3 aromatic rings. The van der Waals surface area contributed by atoms with Crippen LogP contribution in [0.1, 0.15) is 53.0 Å². The van der Waals surface area contributed by atoms with Crippen LogP contribution in [0, 0.1) is 6.92 Å². The molecule has 2 aromatic heterocycles. The fraction of sp³-hybridized carbons (Fsp3) is 0.348. The molecule has 2 heterocycles. The summed E-state index contributed by atoms with van der Waals surface area (Å²) in [6.45, 7) is 1.90. The maximum Gasteiger partial charge on any atom is 0.270 e. The van der Waals surface area contributed by atoms with Crippen LogP contribution in [0.15, 0.2) is 54.9 Å². The summed E-state index contributed by atoms with van der Waals surface area (Å²) in [5.74, 6) is -0.213. The van der Waals surface area contributed by atoms with Crippen molar-refractivity contribution in [2.45, 2.75) is 51.2 Å². The van der Waals surface area contributed by atoms with Gasteiger partial charge in [-0.1, -0.05) is 25.0 Å². The van der Waals surface area contributed by atoms with Crippen molar-refractivity contribution in [3.63, 3.8) is 0 Å². The topological polar surface area (TPSA) is 80.0 Å². The van der Waals surface area contributed by atoms with Gasteiger partial charge in [-0.2, -0.15) is 5.10 Å².